The predicted octanol–water partition coefficient (Wildman–Crippen LogP) is 4.45. The van der Waals surface area contributed by atoms with Gasteiger partial charge in [-0.25, -0.2) is 0 Å². The van der Waals surface area contributed by atoms with Crippen molar-refractivity contribution in [1.29, 1.82) is 0 Å². The van der Waals surface area contributed by atoms with Crippen molar-refractivity contribution < 1.29 is 88.5 Å². The average Bonchev–Trinajstić information content (AvgIpc) is 1.00. The molecule has 0 fully saturated rings. The molecule has 18 heavy (non-hydrogen) atoms. The van der Waals surface area contributed by atoms with Crippen molar-refractivity contribution in [3.8, 4) is 0 Å². The summed E-state index contributed by atoms with van der Waals surface area (Å²) in [5.41, 5.74) is 0. The van der Waals surface area contributed by atoms with Crippen molar-refractivity contribution in [3.63, 3.8) is 0 Å². The Morgan fingerprint density at radius 1 is 0.389 bits per heavy atom. The van der Waals surface area contributed by atoms with Crippen LogP contribution in [0.2, 0.25) is 0 Å². The van der Waals surface area contributed by atoms with Crippen LogP contribution in [0.15, 0.2) is 0 Å². The van der Waals surface area contributed by atoms with E-state index in [1.165, 1.54) is 0 Å². The van der Waals surface area contributed by atoms with Crippen molar-refractivity contribution in [3.05, 3.63) is 89.1 Å². The van der Waals surface area contributed by atoms with Crippen LogP contribution in [-0.4, -0.2) is 5.48 Å². The third-order valence-corrected chi connectivity index (χ3v) is 0. The van der Waals surface area contributed by atoms with Crippen molar-refractivity contribution in [2.24, 2.45) is 0 Å². The van der Waals surface area contributed by atoms with Crippen molar-refractivity contribution in [1.82, 2.24) is 0 Å². The Bertz CT molecular complexity index is 26.0. The van der Waals surface area contributed by atoms with Gasteiger partial charge in [0.1, 0.15) is 0 Å². The fourth-order valence-corrected chi connectivity index (χ4v) is 0. The Hall–Kier alpha value is 2.36. The average molecular weight is 412 g/mol. The monoisotopic (exact) mass is 412 g/mol. The molecule has 0 aliphatic heterocycles. The molecule has 0 aromatic heterocycles. The normalized spacial score (nSPS) is 0.167. The Labute approximate surface area is 176 Å². The third-order valence-electron chi connectivity index (χ3n) is 0. The van der Waals surface area contributed by atoms with E-state index in [4.69, 9.17) is 3.67 Å². The van der Waals surface area contributed by atoms with Crippen LogP contribution in [0.1, 0.15) is 0 Å². The van der Waals surface area contributed by atoms with Gasteiger partial charge in [-0.15, -0.1) is 0 Å². The molecule has 0 aliphatic carbocycles. The summed E-state index contributed by atoms with van der Waals surface area (Å²) in [6.45, 7) is 0. The second-order valence-electron chi connectivity index (χ2n) is 0. The maximum atomic E-state index is 8.19. The van der Waals surface area contributed by atoms with Gasteiger partial charge in [-0.1, -0.05) is 0 Å². The zero-order valence-corrected chi connectivity index (χ0v) is 20.7. The van der Waals surface area contributed by atoms with E-state index in [0.29, 0.717) is 0 Å². The Kier molecular flexibility index (Phi) is 44100. The molecule has 0 bridgehead atoms. The van der Waals surface area contributed by atoms with Crippen LogP contribution in [-0.2, 0) is 83.0 Å². The second kappa shape index (κ2) is 1170. The zero-order chi connectivity index (χ0) is 2.00. The van der Waals surface area contributed by atoms with Crippen molar-refractivity contribution in [2.45, 2.75) is 0 Å². The van der Waals surface area contributed by atoms with Gasteiger partial charge >= 0.3 is 64.5 Å². The fourth-order valence-electron chi connectivity index (χ4n) is 0. The molecule has 0 spiro atoms. The van der Waals surface area contributed by atoms with Gasteiger partial charge < -0.3 is 94.6 Å². The minimum Gasteiger partial charge on any atom is 0 e. The summed E-state index contributed by atoms with van der Waals surface area (Å²) >= 11 is 1.06. The second-order valence-corrected chi connectivity index (χ2v) is 0. The van der Waals surface area contributed by atoms with Gasteiger partial charge in [0.2, 0.25) is 0 Å². The first-order valence-electron chi connectivity index (χ1n) is 0.183. The minimum atomic E-state index is 0. The SMILES string of the molecule is O.[CH3-].[CH3-].[CH3-].[CH3-].[CH3-].[CH3-].[CH3-].[CH3-].[CH3-].[CH3-].[CH3-].[CH3-].[O]=[V].[Ti+3].[Ti+3].[V]. The first-order valence-corrected chi connectivity index (χ1v) is 0.753. The van der Waals surface area contributed by atoms with E-state index in [9.17, 15) is 0 Å². The van der Waals surface area contributed by atoms with E-state index in [0.717, 1.165) is 17.4 Å². The number of hydrogen-bond acceptors (Lipinski definition) is 1. The Balaban J connectivity index is -0.0000000000417. The molecule has 0 aliphatic rings. The summed E-state index contributed by atoms with van der Waals surface area (Å²) in [7, 11) is 0. The van der Waals surface area contributed by atoms with Crippen LogP contribution in [0, 0.1) is 89.1 Å². The third kappa shape index (κ3) is 995. The van der Waals surface area contributed by atoms with E-state index in [1.54, 1.807) is 0 Å². The van der Waals surface area contributed by atoms with Gasteiger partial charge in [0.05, 0.1) is 0 Å². The zero-order valence-electron chi connectivity index (χ0n) is 14.8. The van der Waals surface area contributed by atoms with E-state index in [2.05, 4.69) is 0 Å². The first kappa shape index (κ1) is 677. The molecule has 0 saturated heterocycles. The molecule has 0 aromatic rings. The van der Waals surface area contributed by atoms with Gasteiger partial charge in [-0.2, -0.15) is 0 Å². The van der Waals surface area contributed by atoms with Crippen LogP contribution in [0.3, 0.4) is 0 Å². The van der Waals surface area contributed by atoms with E-state index in [1.807, 2.05) is 0 Å². The molecule has 6 heteroatoms. The molecule has 0 rings (SSSR count). The standard InChI is InChI=1S/12CH3.H2O.O.2Ti.2V/h12*1H3;1H2;;;;;/q12*-1;;;2*+3;;. The van der Waals surface area contributed by atoms with Gasteiger partial charge in [0.15, 0.2) is 0 Å². The molecule has 0 amide bonds. The van der Waals surface area contributed by atoms with Crippen LogP contribution in [0.4, 0.5) is 0 Å². The maximum absolute atomic E-state index is 8.19. The van der Waals surface area contributed by atoms with Crippen LogP contribution >= 0.6 is 0 Å². The molecular formula is C12H38O2Ti2V2-6. The molecule has 3 radical (unpaired) electrons. The number of rotatable bonds is 0. The summed E-state index contributed by atoms with van der Waals surface area (Å²) in [6, 6.07) is 0. The Morgan fingerprint density at radius 3 is 0.389 bits per heavy atom. The summed E-state index contributed by atoms with van der Waals surface area (Å²) in [5.74, 6) is 0. The Morgan fingerprint density at radius 2 is 0.389 bits per heavy atom. The minimum absolute atomic E-state index is 0. The number of hydrogen-bond donors (Lipinski definition) is 0. The summed E-state index contributed by atoms with van der Waals surface area (Å²) < 4.78 is 8.19. The molecule has 0 saturated carbocycles. The van der Waals surface area contributed by atoms with E-state index in [-0.39, 0.29) is 157 Å². The van der Waals surface area contributed by atoms with Crippen LogP contribution < -0.4 is 0 Å². The van der Waals surface area contributed by atoms with Gasteiger partial charge in [-0.3, -0.25) is 0 Å². The largest absolute Gasteiger partial charge is 3.00 e. The molecule has 2 N–H and O–H groups in total. The van der Waals surface area contributed by atoms with Crippen LogP contribution in [0.5, 0.6) is 0 Å². The smallest absolute Gasteiger partial charge is 0 e. The topological polar surface area (TPSA) is 48.6 Å². The van der Waals surface area contributed by atoms with E-state index < -0.39 is 0 Å². The molecule has 2 nitrogen and oxygen atoms in total. The quantitative estimate of drug-likeness (QED) is 0.429. The first-order chi connectivity index (χ1) is 1.00. The maximum Gasteiger partial charge on any atom is 3.00 e. The fraction of sp³-hybridized carbons (Fsp3) is 0. The molecular weight excluding hydrogens is 374 g/mol. The summed E-state index contributed by atoms with van der Waals surface area (Å²) in [6.07, 6.45) is 0. The summed E-state index contributed by atoms with van der Waals surface area (Å²) in [4.78, 5) is 0. The molecule has 0 heterocycles. The van der Waals surface area contributed by atoms with Gasteiger partial charge in [-0.05, 0) is 0 Å². The van der Waals surface area contributed by atoms with E-state index >= 15 is 0 Å². The molecule has 0 atom stereocenters. The summed E-state index contributed by atoms with van der Waals surface area (Å²) in [5, 5.41) is 0. The predicted molar refractivity (Wildman–Crippen MR) is 81.3 cm³/mol. The van der Waals surface area contributed by atoms with Crippen molar-refractivity contribution in [2.75, 3.05) is 0 Å². The molecule has 0 aromatic carbocycles. The van der Waals surface area contributed by atoms with Crippen molar-refractivity contribution >= 4 is 0 Å². The molecule has 122 valence electrons. The van der Waals surface area contributed by atoms with Gasteiger partial charge in [0, 0.05) is 18.6 Å². The molecule has 0 unspecified atom stereocenters. The van der Waals surface area contributed by atoms with Gasteiger partial charge in [0.25, 0.3) is 0 Å². The van der Waals surface area contributed by atoms with Crippen LogP contribution in [0.25, 0.3) is 0 Å².